The number of amides is 2. The summed E-state index contributed by atoms with van der Waals surface area (Å²) in [5, 5.41) is 2.27. The van der Waals surface area contributed by atoms with E-state index in [1.54, 1.807) is 29.0 Å². The second kappa shape index (κ2) is 11.1. The molecule has 10 nitrogen and oxygen atoms in total. The predicted molar refractivity (Wildman–Crippen MR) is 118 cm³/mol. The summed E-state index contributed by atoms with van der Waals surface area (Å²) in [7, 11) is -7.24. The number of carbonyl (C=O) groups is 2. The summed E-state index contributed by atoms with van der Waals surface area (Å²) in [4.78, 5) is 24.2. The number of esters is 1. The van der Waals surface area contributed by atoms with Crippen LogP contribution in [0.2, 0.25) is 0 Å². The van der Waals surface area contributed by atoms with E-state index < -0.39 is 31.9 Å². The number of anilines is 1. The second-order valence-electron chi connectivity index (χ2n) is 6.75. The first kappa shape index (κ1) is 25.3. The number of ether oxygens (including phenoxy) is 2. The Hall–Kier alpha value is -2.96. The van der Waals surface area contributed by atoms with Crippen LogP contribution in [0.3, 0.4) is 0 Å². The lowest BCUT2D eigenvalue weighted by molar-refractivity contribution is 0.0338. The van der Waals surface area contributed by atoms with Gasteiger partial charge in [0, 0.05) is 0 Å². The Kier molecular flexibility index (Phi) is 8.75. The molecule has 0 atom stereocenters. The molecule has 2 N–H and O–H groups in total. The Balaban J connectivity index is 1.80. The van der Waals surface area contributed by atoms with Crippen molar-refractivity contribution in [3.8, 4) is 0 Å². The van der Waals surface area contributed by atoms with Crippen molar-refractivity contribution in [3.05, 3.63) is 59.7 Å². The lowest BCUT2D eigenvalue weighted by Crippen LogP contribution is -2.33. The molecule has 12 heteroatoms. The summed E-state index contributed by atoms with van der Waals surface area (Å²) in [6.45, 7) is 1.61. The number of rotatable bonds is 10. The topological polar surface area (TPSA) is 145 Å². The van der Waals surface area contributed by atoms with Crippen LogP contribution in [0.5, 0.6) is 0 Å². The summed E-state index contributed by atoms with van der Waals surface area (Å²) in [5.74, 6) is -0.984. The molecule has 0 saturated heterocycles. The highest BCUT2D eigenvalue weighted by Gasteiger charge is 2.17. The summed E-state index contributed by atoms with van der Waals surface area (Å²) in [5.41, 5.74) is 1.02. The number of urea groups is 1. The van der Waals surface area contributed by atoms with Gasteiger partial charge in [0.1, 0.15) is 6.61 Å². The van der Waals surface area contributed by atoms with E-state index in [0.29, 0.717) is 0 Å². The van der Waals surface area contributed by atoms with Crippen LogP contribution in [0.25, 0.3) is 0 Å². The number of hydrogen-bond acceptors (Lipinski definition) is 8. The van der Waals surface area contributed by atoms with Gasteiger partial charge in [0.15, 0.2) is 9.84 Å². The van der Waals surface area contributed by atoms with E-state index in [4.69, 9.17) is 9.47 Å². The van der Waals surface area contributed by atoms with Crippen molar-refractivity contribution < 1.29 is 35.9 Å². The Morgan fingerprint density at radius 2 is 1.56 bits per heavy atom. The summed E-state index contributed by atoms with van der Waals surface area (Å²) in [6, 6.07) is 11.4. The van der Waals surface area contributed by atoms with Crippen molar-refractivity contribution in [2.24, 2.45) is 0 Å². The lowest BCUT2D eigenvalue weighted by atomic mass is 10.2. The molecule has 0 spiro atoms. The van der Waals surface area contributed by atoms with E-state index in [1.165, 1.54) is 24.3 Å². The molecule has 0 heterocycles. The van der Waals surface area contributed by atoms with Gasteiger partial charge in [0.2, 0.25) is 10.0 Å². The number of para-hydroxylation sites is 1. The highest BCUT2D eigenvalue weighted by Crippen LogP contribution is 2.16. The van der Waals surface area contributed by atoms with Crippen LogP contribution in [0.4, 0.5) is 10.5 Å². The van der Waals surface area contributed by atoms with Gasteiger partial charge < -0.3 is 14.8 Å². The average Bonchev–Trinajstić information content (AvgIpc) is 2.69. The molecule has 32 heavy (non-hydrogen) atoms. The molecule has 2 rings (SSSR count). The van der Waals surface area contributed by atoms with Gasteiger partial charge in [-0.05, 0) is 31.2 Å². The van der Waals surface area contributed by atoms with Crippen LogP contribution in [0, 0.1) is 6.92 Å². The zero-order chi connectivity index (χ0) is 23.8. The van der Waals surface area contributed by atoms with Crippen molar-refractivity contribution in [1.82, 2.24) is 4.72 Å². The highest BCUT2D eigenvalue weighted by molar-refractivity contribution is 7.91. The second-order valence-corrected chi connectivity index (χ2v) is 10.6. The number of benzene rings is 2. The molecule has 0 fully saturated rings. The number of carbonyl (C=O) groups excluding carboxylic acids is 2. The van der Waals surface area contributed by atoms with Crippen LogP contribution in [-0.2, 0) is 29.3 Å². The smallest absolute Gasteiger partial charge is 0.340 e. The van der Waals surface area contributed by atoms with Gasteiger partial charge in [-0.25, -0.2) is 31.1 Å². The van der Waals surface area contributed by atoms with Gasteiger partial charge in [0.05, 0.1) is 41.4 Å². The van der Waals surface area contributed by atoms with Crippen LogP contribution in [-0.4, -0.2) is 60.7 Å². The molecule has 0 saturated carbocycles. The molecule has 0 radical (unpaired) electrons. The maximum absolute atomic E-state index is 12.3. The van der Waals surface area contributed by atoms with E-state index in [-0.39, 0.29) is 41.7 Å². The number of sulfone groups is 1. The fourth-order valence-corrected chi connectivity index (χ4v) is 4.00. The monoisotopic (exact) mass is 484 g/mol. The molecule has 2 amide bonds. The molecule has 0 aliphatic rings. The van der Waals surface area contributed by atoms with Gasteiger partial charge in [-0.15, -0.1) is 0 Å². The minimum Gasteiger partial charge on any atom is -0.460 e. The first-order chi connectivity index (χ1) is 15.0. The molecule has 0 aliphatic heterocycles. The Morgan fingerprint density at radius 1 is 0.906 bits per heavy atom. The number of sulfonamides is 1. The number of aryl methyl sites for hydroxylation is 1. The fraction of sp³-hybridized carbons (Fsp3) is 0.300. The third-order valence-corrected chi connectivity index (χ3v) is 6.26. The number of nitrogens with one attached hydrogen (secondary N) is 2. The molecular formula is C20H24N2O8S2. The molecule has 0 bridgehead atoms. The van der Waals surface area contributed by atoms with Crippen molar-refractivity contribution in [2.75, 3.05) is 37.1 Å². The van der Waals surface area contributed by atoms with Gasteiger partial charge in [-0.3, -0.25) is 0 Å². The van der Waals surface area contributed by atoms with Crippen LogP contribution < -0.4 is 10.0 Å². The van der Waals surface area contributed by atoms with E-state index in [1.807, 2.05) is 6.92 Å². The largest absolute Gasteiger partial charge is 0.460 e. The van der Waals surface area contributed by atoms with E-state index in [0.717, 1.165) is 11.8 Å². The highest BCUT2D eigenvalue weighted by atomic mass is 32.2. The van der Waals surface area contributed by atoms with E-state index in [9.17, 15) is 26.4 Å². The quantitative estimate of drug-likeness (QED) is 0.383. The minimum atomic E-state index is -3.77. The molecule has 0 unspecified atom stereocenters. The van der Waals surface area contributed by atoms with Gasteiger partial charge in [-0.1, -0.05) is 29.8 Å². The van der Waals surface area contributed by atoms with Gasteiger partial charge >= 0.3 is 12.0 Å². The zero-order valence-electron chi connectivity index (χ0n) is 17.5. The SMILES string of the molecule is Cc1ccc(S(=O)(=O)CCOCCOC(=O)c2ccccc2NC(=O)NS(C)(=O)=O)cc1. The standard InChI is InChI=1S/C20H24N2O8S2/c1-15-7-9-16(10-8-15)32(27,28)14-13-29-11-12-30-19(23)17-5-3-4-6-18(17)21-20(24)22-31(2,25)26/h3-10H,11-14H2,1-2H3,(H2,21,22,24). The Bertz CT molecular complexity index is 1160. The fourth-order valence-electron chi connectivity index (χ4n) is 2.49. The molecule has 0 aromatic heterocycles. The first-order valence-corrected chi connectivity index (χ1v) is 12.9. The number of hydrogen-bond donors (Lipinski definition) is 2. The van der Waals surface area contributed by atoms with E-state index >= 15 is 0 Å². The summed E-state index contributed by atoms with van der Waals surface area (Å²) >= 11 is 0. The summed E-state index contributed by atoms with van der Waals surface area (Å²) < 4.78 is 58.8. The Labute approximate surface area is 186 Å². The van der Waals surface area contributed by atoms with Crippen molar-refractivity contribution in [1.29, 1.82) is 0 Å². The van der Waals surface area contributed by atoms with Crippen molar-refractivity contribution in [3.63, 3.8) is 0 Å². The van der Waals surface area contributed by atoms with E-state index in [2.05, 4.69) is 5.32 Å². The lowest BCUT2D eigenvalue weighted by Gasteiger charge is -2.11. The predicted octanol–water partition coefficient (Wildman–Crippen LogP) is 1.72. The van der Waals surface area contributed by atoms with Gasteiger partial charge in [0.25, 0.3) is 0 Å². The zero-order valence-corrected chi connectivity index (χ0v) is 19.2. The van der Waals surface area contributed by atoms with Gasteiger partial charge in [-0.2, -0.15) is 0 Å². The molecule has 0 aliphatic carbocycles. The molecular weight excluding hydrogens is 460 g/mol. The normalized spacial score (nSPS) is 11.6. The Morgan fingerprint density at radius 3 is 2.22 bits per heavy atom. The first-order valence-electron chi connectivity index (χ1n) is 9.40. The third-order valence-electron chi connectivity index (χ3n) is 4.01. The maximum atomic E-state index is 12.3. The molecule has 174 valence electrons. The molecule has 2 aromatic rings. The van der Waals surface area contributed by atoms with Crippen LogP contribution in [0.15, 0.2) is 53.4 Å². The maximum Gasteiger partial charge on any atom is 0.340 e. The summed E-state index contributed by atoms with van der Waals surface area (Å²) in [6.07, 6.45) is 0.818. The van der Waals surface area contributed by atoms with Crippen molar-refractivity contribution in [2.45, 2.75) is 11.8 Å². The average molecular weight is 485 g/mol. The molecule has 2 aromatic carbocycles. The minimum absolute atomic E-state index is 0.0121. The van der Waals surface area contributed by atoms with Crippen LogP contribution >= 0.6 is 0 Å². The third kappa shape index (κ3) is 8.29. The van der Waals surface area contributed by atoms with Crippen LogP contribution in [0.1, 0.15) is 15.9 Å². The van der Waals surface area contributed by atoms with Crippen molar-refractivity contribution >= 4 is 37.5 Å².